The molecule has 1 aliphatic heterocycles. The molecule has 2 heterocycles. The van der Waals surface area contributed by atoms with Gasteiger partial charge in [-0.3, -0.25) is 9.59 Å². The number of piperidine rings is 1. The molecule has 0 radical (unpaired) electrons. The highest BCUT2D eigenvalue weighted by Gasteiger charge is 2.33. The Morgan fingerprint density at radius 1 is 1.37 bits per heavy atom. The Balaban J connectivity index is 2.18. The predicted octanol–water partition coefficient (Wildman–Crippen LogP) is 2.08. The zero-order valence-electron chi connectivity index (χ0n) is 11.5. The number of aryl methyl sites for hydroxylation is 2. The molecule has 104 valence electrons. The fourth-order valence-corrected chi connectivity index (χ4v) is 2.71. The Hall–Kier alpha value is -1.78. The first-order valence-electron chi connectivity index (χ1n) is 6.47. The lowest BCUT2D eigenvalue weighted by Crippen LogP contribution is -2.45. The van der Waals surface area contributed by atoms with Gasteiger partial charge in [0.15, 0.2) is 0 Å². The van der Waals surface area contributed by atoms with E-state index >= 15 is 0 Å². The molecule has 1 aliphatic rings. The number of carboxylic acids is 1. The summed E-state index contributed by atoms with van der Waals surface area (Å²) in [5.41, 5.74) is 0.538. The van der Waals surface area contributed by atoms with Crippen LogP contribution in [0.15, 0.2) is 10.5 Å². The first-order chi connectivity index (χ1) is 8.88. The Labute approximate surface area is 112 Å². The number of aliphatic carboxylic acids is 1. The minimum Gasteiger partial charge on any atom is -0.481 e. The van der Waals surface area contributed by atoms with Gasteiger partial charge in [0, 0.05) is 13.1 Å². The second-order valence-electron chi connectivity index (χ2n) is 5.41. The van der Waals surface area contributed by atoms with Gasteiger partial charge in [-0.2, -0.15) is 0 Å². The van der Waals surface area contributed by atoms with Crippen molar-refractivity contribution in [1.29, 1.82) is 0 Å². The largest absolute Gasteiger partial charge is 0.481 e. The van der Waals surface area contributed by atoms with Crippen molar-refractivity contribution in [3.63, 3.8) is 0 Å². The lowest BCUT2D eigenvalue weighted by Gasteiger charge is -2.34. The predicted molar refractivity (Wildman–Crippen MR) is 69.0 cm³/mol. The van der Waals surface area contributed by atoms with Gasteiger partial charge >= 0.3 is 5.97 Å². The van der Waals surface area contributed by atoms with E-state index in [1.54, 1.807) is 24.8 Å². The van der Waals surface area contributed by atoms with Crippen LogP contribution in [0.2, 0.25) is 0 Å². The molecule has 0 spiro atoms. The van der Waals surface area contributed by atoms with Gasteiger partial charge < -0.3 is 14.4 Å². The van der Waals surface area contributed by atoms with Gasteiger partial charge in [0.2, 0.25) is 0 Å². The van der Waals surface area contributed by atoms with Gasteiger partial charge in [-0.15, -0.1) is 0 Å². The molecule has 1 fully saturated rings. The third kappa shape index (κ3) is 2.80. The van der Waals surface area contributed by atoms with E-state index in [0.717, 1.165) is 0 Å². The standard InChI is InChI=1S/C14H19NO4/c1-8-4-11(14(17)18)7-15(6-8)13(16)12-5-9(2)19-10(12)3/h5,8,11H,4,6-7H2,1-3H3,(H,17,18). The van der Waals surface area contributed by atoms with Crippen LogP contribution in [0.5, 0.6) is 0 Å². The highest BCUT2D eigenvalue weighted by atomic mass is 16.4. The number of hydrogen-bond acceptors (Lipinski definition) is 3. The van der Waals surface area contributed by atoms with Gasteiger partial charge in [0.05, 0.1) is 11.5 Å². The van der Waals surface area contributed by atoms with Crippen molar-refractivity contribution in [2.24, 2.45) is 11.8 Å². The van der Waals surface area contributed by atoms with E-state index in [0.29, 0.717) is 30.0 Å². The molecule has 2 unspecified atom stereocenters. The number of furan rings is 1. The van der Waals surface area contributed by atoms with Crippen LogP contribution in [0.25, 0.3) is 0 Å². The quantitative estimate of drug-likeness (QED) is 0.888. The molecular weight excluding hydrogens is 246 g/mol. The molecule has 0 aliphatic carbocycles. The molecule has 2 atom stereocenters. The summed E-state index contributed by atoms with van der Waals surface area (Å²) >= 11 is 0. The third-order valence-corrected chi connectivity index (χ3v) is 3.57. The zero-order valence-corrected chi connectivity index (χ0v) is 11.5. The highest BCUT2D eigenvalue weighted by molar-refractivity contribution is 5.95. The summed E-state index contributed by atoms with van der Waals surface area (Å²) in [6, 6.07) is 1.71. The van der Waals surface area contributed by atoms with Crippen molar-refractivity contribution in [1.82, 2.24) is 4.90 Å². The first-order valence-corrected chi connectivity index (χ1v) is 6.47. The lowest BCUT2D eigenvalue weighted by molar-refractivity contribution is -0.143. The topological polar surface area (TPSA) is 70.8 Å². The van der Waals surface area contributed by atoms with Crippen LogP contribution in [0.4, 0.5) is 0 Å². The molecule has 1 aromatic rings. The molecule has 19 heavy (non-hydrogen) atoms. The second-order valence-corrected chi connectivity index (χ2v) is 5.41. The van der Waals surface area contributed by atoms with Gasteiger partial charge in [-0.25, -0.2) is 0 Å². The number of nitrogens with zero attached hydrogens (tertiary/aromatic N) is 1. The summed E-state index contributed by atoms with van der Waals surface area (Å²) < 4.78 is 5.36. The summed E-state index contributed by atoms with van der Waals surface area (Å²) in [6.45, 7) is 6.41. The van der Waals surface area contributed by atoms with E-state index in [1.807, 2.05) is 6.92 Å². The number of rotatable bonds is 2. The zero-order chi connectivity index (χ0) is 14.2. The number of hydrogen-bond donors (Lipinski definition) is 1. The van der Waals surface area contributed by atoms with E-state index in [9.17, 15) is 9.59 Å². The average molecular weight is 265 g/mol. The van der Waals surface area contributed by atoms with Crippen molar-refractivity contribution < 1.29 is 19.1 Å². The summed E-state index contributed by atoms with van der Waals surface area (Å²) in [5.74, 6) is 0.0537. The van der Waals surface area contributed by atoms with E-state index in [1.165, 1.54) is 0 Å². The maximum absolute atomic E-state index is 12.4. The summed E-state index contributed by atoms with van der Waals surface area (Å²) in [6.07, 6.45) is 0.627. The van der Waals surface area contributed by atoms with Gasteiger partial charge in [0.25, 0.3) is 5.91 Å². The third-order valence-electron chi connectivity index (χ3n) is 3.57. The van der Waals surface area contributed by atoms with E-state index in [2.05, 4.69) is 0 Å². The number of carboxylic acid groups (broad SMARTS) is 1. The summed E-state index contributed by atoms with van der Waals surface area (Å²) in [4.78, 5) is 25.2. The molecule has 1 amide bonds. The fraction of sp³-hybridized carbons (Fsp3) is 0.571. The minimum atomic E-state index is -0.829. The van der Waals surface area contributed by atoms with Crippen LogP contribution < -0.4 is 0 Å². The van der Waals surface area contributed by atoms with Crippen molar-refractivity contribution >= 4 is 11.9 Å². The van der Waals surface area contributed by atoms with Crippen molar-refractivity contribution in [2.75, 3.05) is 13.1 Å². The first kappa shape index (κ1) is 13.6. The Morgan fingerprint density at radius 2 is 2.05 bits per heavy atom. The summed E-state index contributed by atoms with van der Waals surface area (Å²) in [7, 11) is 0. The molecule has 0 aromatic carbocycles. The number of amides is 1. The van der Waals surface area contributed by atoms with Gasteiger partial charge in [0.1, 0.15) is 11.5 Å². The molecule has 1 saturated heterocycles. The molecule has 1 aromatic heterocycles. The fourth-order valence-electron chi connectivity index (χ4n) is 2.71. The second kappa shape index (κ2) is 5.07. The molecule has 2 rings (SSSR count). The Bertz CT molecular complexity index is 506. The molecule has 0 bridgehead atoms. The molecule has 0 saturated carbocycles. The Morgan fingerprint density at radius 3 is 2.58 bits per heavy atom. The Kier molecular flexibility index (Phi) is 3.64. The molecule has 1 N–H and O–H groups in total. The van der Waals surface area contributed by atoms with Crippen LogP contribution in [-0.4, -0.2) is 35.0 Å². The van der Waals surface area contributed by atoms with E-state index < -0.39 is 11.9 Å². The molecule has 5 heteroatoms. The normalized spacial score (nSPS) is 23.4. The van der Waals surface area contributed by atoms with Crippen LogP contribution in [0, 0.1) is 25.7 Å². The van der Waals surface area contributed by atoms with Crippen molar-refractivity contribution in [3.8, 4) is 0 Å². The smallest absolute Gasteiger partial charge is 0.308 e. The van der Waals surface area contributed by atoms with Crippen molar-refractivity contribution in [2.45, 2.75) is 27.2 Å². The monoisotopic (exact) mass is 265 g/mol. The van der Waals surface area contributed by atoms with Crippen LogP contribution in [0.3, 0.4) is 0 Å². The number of carbonyl (C=O) groups is 2. The average Bonchev–Trinajstić information content (AvgIpc) is 2.66. The van der Waals surface area contributed by atoms with Crippen LogP contribution >= 0.6 is 0 Å². The lowest BCUT2D eigenvalue weighted by atomic mass is 9.90. The molecular formula is C14H19NO4. The number of carbonyl (C=O) groups excluding carboxylic acids is 1. The van der Waals surface area contributed by atoms with E-state index in [4.69, 9.17) is 9.52 Å². The van der Waals surface area contributed by atoms with Gasteiger partial charge in [-0.05, 0) is 32.3 Å². The van der Waals surface area contributed by atoms with Gasteiger partial charge in [-0.1, -0.05) is 6.92 Å². The number of likely N-dealkylation sites (tertiary alicyclic amines) is 1. The maximum Gasteiger partial charge on any atom is 0.308 e. The maximum atomic E-state index is 12.4. The summed E-state index contributed by atoms with van der Waals surface area (Å²) in [5, 5.41) is 9.13. The minimum absolute atomic E-state index is 0.132. The van der Waals surface area contributed by atoms with Crippen LogP contribution in [-0.2, 0) is 4.79 Å². The SMILES string of the molecule is Cc1cc(C(=O)N2CC(C)CC(C(=O)O)C2)c(C)o1. The van der Waals surface area contributed by atoms with Crippen molar-refractivity contribution in [3.05, 3.63) is 23.2 Å². The van der Waals surface area contributed by atoms with Crippen LogP contribution in [0.1, 0.15) is 35.2 Å². The highest BCUT2D eigenvalue weighted by Crippen LogP contribution is 2.25. The molecule has 5 nitrogen and oxygen atoms in total. The van der Waals surface area contributed by atoms with E-state index in [-0.39, 0.29) is 18.4 Å².